The van der Waals surface area contributed by atoms with Crippen molar-refractivity contribution in [2.24, 2.45) is 0 Å². The van der Waals surface area contributed by atoms with Crippen LogP contribution >= 0.6 is 0 Å². The number of fused-ring (bicyclic) bond motifs is 1. The molecular formula is C16H11NO5. The molecule has 0 atom stereocenters. The van der Waals surface area contributed by atoms with Crippen molar-refractivity contribution in [2.75, 3.05) is 0 Å². The number of Topliss-reactive ketones (excluding diaryl/α,β-unsaturated/α-hetero) is 1. The van der Waals surface area contributed by atoms with Gasteiger partial charge in [0, 0.05) is 18.2 Å². The van der Waals surface area contributed by atoms with Gasteiger partial charge >= 0.3 is 0 Å². The highest BCUT2D eigenvalue weighted by atomic mass is 16.6. The molecule has 0 saturated carbocycles. The maximum absolute atomic E-state index is 12.3. The van der Waals surface area contributed by atoms with Crippen molar-refractivity contribution in [3.63, 3.8) is 0 Å². The maximum Gasteiger partial charge on any atom is 0.269 e. The molecule has 0 fully saturated rings. The van der Waals surface area contributed by atoms with Crippen molar-refractivity contribution >= 4 is 17.5 Å². The number of nitro groups is 1. The number of ketones is 1. The minimum atomic E-state index is -0.490. The molecule has 0 amide bonds. The molecule has 0 saturated heterocycles. The standard InChI is InChI=1S/C16H11NO5/c1-9-6-12(18)8-13-15(9)16(19)14(22-13)7-10-2-4-11(5-3-10)17(20)21/h2-8,18H,1H3/b14-7+. The molecule has 0 aromatic heterocycles. The molecule has 0 radical (unpaired) electrons. The summed E-state index contributed by atoms with van der Waals surface area (Å²) in [5.74, 6) is 0.194. The summed E-state index contributed by atoms with van der Waals surface area (Å²) in [6.45, 7) is 1.72. The third-order valence-corrected chi connectivity index (χ3v) is 3.36. The van der Waals surface area contributed by atoms with Gasteiger partial charge in [0.1, 0.15) is 11.5 Å². The van der Waals surface area contributed by atoms with Crippen LogP contribution in [0.15, 0.2) is 42.2 Å². The number of rotatable bonds is 2. The highest BCUT2D eigenvalue weighted by Gasteiger charge is 2.29. The van der Waals surface area contributed by atoms with Crippen LogP contribution in [-0.4, -0.2) is 15.8 Å². The number of carbonyl (C=O) groups is 1. The van der Waals surface area contributed by atoms with Gasteiger partial charge in [0.05, 0.1) is 10.5 Å². The van der Waals surface area contributed by atoms with Gasteiger partial charge in [0.2, 0.25) is 5.78 Å². The van der Waals surface area contributed by atoms with Gasteiger partial charge in [-0.05, 0) is 42.3 Å². The van der Waals surface area contributed by atoms with Crippen LogP contribution < -0.4 is 4.74 Å². The number of hydrogen-bond acceptors (Lipinski definition) is 5. The van der Waals surface area contributed by atoms with E-state index in [1.165, 1.54) is 42.5 Å². The van der Waals surface area contributed by atoms with E-state index in [0.717, 1.165) is 0 Å². The lowest BCUT2D eigenvalue weighted by molar-refractivity contribution is -0.384. The molecule has 0 aliphatic carbocycles. The molecule has 22 heavy (non-hydrogen) atoms. The van der Waals surface area contributed by atoms with Crippen LogP contribution in [0.4, 0.5) is 5.69 Å². The average Bonchev–Trinajstić information content (AvgIpc) is 2.75. The van der Waals surface area contributed by atoms with Gasteiger partial charge < -0.3 is 9.84 Å². The fraction of sp³-hybridized carbons (Fsp3) is 0.0625. The van der Waals surface area contributed by atoms with E-state index in [0.29, 0.717) is 22.4 Å². The zero-order valence-electron chi connectivity index (χ0n) is 11.6. The molecule has 3 rings (SSSR count). The number of aromatic hydroxyl groups is 1. The molecular weight excluding hydrogens is 286 g/mol. The Morgan fingerprint density at radius 3 is 2.55 bits per heavy atom. The summed E-state index contributed by atoms with van der Waals surface area (Å²) >= 11 is 0. The lowest BCUT2D eigenvalue weighted by Crippen LogP contribution is -1.99. The Balaban J connectivity index is 1.96. The number of phenols is 1. The van der Waals surface area contributed by atoms with E-state index in [1.54, 1.807) is 6.92 Å². The molecule has 1 N–H and O–H groups in total. The van der Waals surface area contributed by atoms with E-state index in [-0.39, 0.29) is 23.0 Å². The van der Waals surface area contributed by atoms with Crippen molar-refractivity contribution in [1.82, 2.24) is 0 Å². The summed E-state index contributed by atoms with van der Waals surface area (Å²) < 4.78 is 5.48. The van der Waals surface area contributed by atoms with Gasteiger partial charge in [-0.2, -0.15) is 0 Å². The Labute approximate surface area is 125 Å². The van der Waals surface area contributed by atoms with Crippen LogP contribution in [-0.2, 0) is 0 Å². The summed E-state index contributed by atoms with van der Waals surface area (Å²) in [6.07, 6.45) is 1.52. The molecule has 0 bridgehead atoms. The average molecular weight is 297 g/mol. The highest BCUT2D eigenvalue weighted by Crippen LogP contribution is 2.37. The zero-order chi connectivity index (χ0) is 15.9. The van der Waals surface area contributed by atoms with Gasteiger partial charge in [-0.1, -0.05) is 0 Å². The maximum atomic E-state index is 12.3. The van der Waals surface area contributed by atoms with Crippen molar-refractivity contribution < 1.29 is 19.6 Å². The van der Waals surface area contributed by atoms with Crippen LogP contribution in [0.3, 0.4) is 0 Å². The minimum absolute atomic E-state index is 0.0233. The van der Waals surface area contributed by atoms with Gasteiger partial charge in [-0.3, -0.25) is 14.9 Å². The van der Waals surface area contributed by atoms with Gasteiger partial charge in [-0.25, -0.2) is 0 Å². The van der Waals surface area contributed by atoms with E-state index < -0.39 is 4.92 Å². The van der Waals surface area contributed by atoms with Crippen molar-refractivity contribution in [3.05, 3.63) is 69.0 Å². The van der Waals surface area contributed by atoms with Crippen LogP contribution in [0, 0.1) is 17.0 Å². The lowest BCUT2D eigenvalue weighted by Gasteiger charge is -2.01. The van der Waals surface area contributed by atoms with E-state index in [2.05, 4.69) is 0 Å². The Morgan fingerprint density at radius 2 is 1.91 bits per heavy atom. The number of phenolic OH excluding ortho intramolecular Hbond substituents is 1. The monoisotopic (exact) mass is 297 g/mol. The second-order valence-corrected chi connectivity index (χ2v) is 4.92. The molecule has 110 valence electrons. The van der Waals surface area contributed by atoms with Gasteiger partial charge in [0.15, 0.2) is 5.76 Å². The van der Waals surface area contributed by atoms with Crippen molar-refractivity contribution in [2.45, 2.75) is 6.92 Å². The largest absolute Gasteiger partial charge is 0.508 e. The number of ether oxygens (including phenoxy) is 1. The second-order valence-electron chi connectivity index (χ2n) is 4.92. The van der Waals surface area contributed by atoms with Crippen molar-refractivity contribution in [1.29, 1.82) is 0 Å². The Hall–Kier alpha value is -3.15. The number of hydrogen-bond donors (Lipinski definition) is 1. The SMILES string of the molecule is Cc1cc(O)cc2c1C(=O)/C(=C\c1ccc([N+](=O)[O-])cc1)O2. The number of carbonyl (C=O) groups excluding carboxylic acids is 1. The third-order valence-electron chi connectivity index (χ3n) is 3.36. The molecule has 0 unspecified atom stereocenters. The number of aryl methyl sites for hydroxylation is 1. The smallest absolute Gasteiger partial charge is 0.269 e. The van der Waals surface area contributed by atoms with Crippen LogP contribution in [0.5, 0.6) is 11.5 Å². The molecule has 1 aliphatic rings. The lowest BCUT2D eigenvalue weighted by atomic mass is 10.0. The van der Waals surface area contributed by atoms with E-state index in [4.69, 9.17) is 4.74 Å². The summed E-state index contributed by atoms with van der Waals surface area (Å²) in [5.41, 5.74) is 1.64. The van der Waals surface area contributed by atoms with E-state index in [1.807, 2.05) is 0 Å². The first-order valence-electron chi connectivity index (χ1n) is 6.48. The number of nitro benzene ring substituents is 1. The first kappa shape index (κ1) is 13.8. The molecule has 0 spiro atoms. The minimum Gasteiger partial charge on any atom is -0.508 e. The molecule has 6 nitrogen and oxygen atoms in total. The van der Waals surface area contributed by atoms with Crippen LogP contribution in [0.2, 0.25) is 0 Å². The quantitative estimate of drug-likeness (QED) is 0.522. The zero-order valence-corrected chi connectivity index (χ0v) is 11.6. The first-order chi connectivity index (χ1) is 10.5. The molecule has 2 aromatic carbocycles. The van der Waals surface area contributed by atoms with Crippen molar-refractivity contribution in [3.8, 4) is 11.5 Å². The second kappa shape index (κ2) is 5.00. The molecule has 2 aromatic rings. The summed E-state index contributed by atoms with van der Waals surface area (Å²) in [7, 11) is 0. The highest BCUT2D eigenvalue weighted by molar-refractivity contribution is 6.15. The summed E-state index contributed by atoms with van der Waals surface area (Å²) in [5, 5.41) is 20.2. The van der Waals surface area contributed by atoms with E-state index >= 15 is 0 Å². The normalized spacial score (nSPS) is 14.8. The fourth-order valence-electron chi connectivity index (χ4n) is 2.33. The molecule has 1 heterocycles. The third kappa shape index (κ3) is 2.31. The number of non-ortho nitro benzene ring substituents is 1. The predicted molar refractivity (Wildman–Crippen MR) is 78.9 cm³/mol. The Morgan fingerprint density at radius 1 is 1.23 bits per heavy atom. The number of nitrogens with zero attached hydrogens (tertiary/aromatic N) is 1. The van der Waals surface area contributed by atoms with Gasteiger partial charge in [-0.15, -0.1) is 0 Å². The van der Waals surface area contributed by atoms with Gasteiger partial charge in [0.25, 0.3) is 5.69 Å². The number of benzene rings is 2. The van der Waals surface area contributed by atoms with E-state index in [9.17, 15) is 20.0 Å². The van der Waals surface area contributed by atoms with Crippen LogP contribution in [0.1, 0.15) is 21.5 Å². The Kier molecular flexibility index (Phi) is 3.14. The fourth-order valence-corrected chi connectivity index (χ4v) is 2.33. The molecule has 6 heteroatoms. The predicted octanol–water partition coefficient (Wildman–Crippen LogP) is 3.23. The summed E-state index contributed by atoms with van der Waals surface area (Å²) in [6, 6.07) is 8.67. The first-order valence-corrected chi connectivity index (χ1v) is 6.48. The topological polar surface area (TPSA) is 89.7 Å². The summed E-state index contributed by atoms with van der Waals surface area (Å²) in [4.78, 5) is 22.4. The Bertz CT molecular complexity index is 821. The van der Waals surface area contributed by atoms with Crippen LogP contribution in [0.25, 0.3) is 6.08 Å². The molecule has 1 aliphatic heterocycles. The number of allylic oxidation sites excluding steroid dienone is 1.